The molecule has 142 valence electrons. The fraction of sp³-hybridized carbons (Fsp3) is 0.529. The summed E-state index contributed by atoms with van der Waals surface area (Å²) in [6, 6.07) is 4.47. The van der Waals surface area contributed by atoms with Crippen LogP contribution in [0.1, 0.15) is 26.7 Å². The number of hydrogen-bond acceptors (Lipinski definition) is 5. The van der Waals surface area contributed by atoms with Crippen LogP contribution in [0.3, 0.4) is 0 Å². The Kier molecular flexibility index (Phi) is 5.19. The van der Waals surface area contributed by atoms with Crippen molar-refractivity contribution in [2.75, 3.05) is 25.0 Å². The third-order valence-corrected chi connectivity index (χ3v) is 6.69. The van der Waals surface area contributed by atoms with Crippen molar-refractivity contribution in [1.82, 2.24) is 9.62 Å². The van der Waals surface area contributed by atoms with Crippen molar-refractivity contribution < 1.29 is 22.7 Å². The molecule has 2 aliphatic heterocycles. The van der Waals surface area contributed by atoms with Gasteiger partial charge in [0.1, 0.15) is 5.75 Å². The molecule has 2 aliphatic rings. The van der Waals surface area contributed by atoms with Crippen LogP contribution in [-0.2, 0) is 19.6 Å². The summed E-state index contributed by atoms with van der Waals surface area (Å²) >= 11 is 0. The quantitative estimate of drug-likeness (QED) is 0.808. The number of fused-ring (bicyclic) bond motifs is 1. The summed E-state index contributed by atoms with van der Waals surface area (Å²) in [5.74, 6) is 0.104. The summed E-state index contributed by atoms with van der Waals surface area (Å²) in [4.78, 5) is 22.9. The van der Waals surface area contributed by atoms with Crippen LogP contribution in [0.15, 0.2) is 23.1 Å². The van der Waals surface area contributed by atoms with Crippen molar-refractivity contribution in [3.05, 3.63) is 18.2 Å². The maximum Gasteiger partial charge on any atom is 0.262 e. The van der Waals surface area contributed by atoms with E-state index in [1.54, 1.807) is 6.07 Å². The summed E-state index contributed by atoms with van der Waals surface area (Å²) in [6.45, 7) is 4.07. The van der Waals surface area contributed by atoms with E-state index in [-0.39, 0.29) is 35.3 Å². The summed E-state index contributed by atoms with van der Waals surface area (Å²) in [7, 11) is -3.69. The third kappa shape index (κ3) is 3.68. The van der Waals surface area contributed by atoms with E-state index in [0.717, 1.165) is 6.42 Å². The molecule has 1 aromatic rings. The lowest BCUT2D eigenvalue weighted by Crippen LogP contribution is -2.51. The Morgan fingerprint density at radius 3 is 2.88 bits per heavy atom. The highest BCUT2D eigenvalue weighted by atomic mass is 32.2. The number of sulfonamides is 1. The predicted octanol–water partition coefficient (Wildman–Crippen LogP) is 0.943. The second-order valence-electron chi connectivity index (χ2n) is 6.62. The van der Waals surface area contributed by atoms with E-state index in [1.165, 1.54) is 23.4 Å². The highest BCUT2D eigenvalue weighted by molar-refractivity contribution is 7.89. The zero-order valence-corrected chi connectivity index (χ0v) is 15.6. The number of nitrogens with zero attached hydrogens (tertiary/aromatic N) is 1. The smallest absolute Gasteiger partial charge is 0.262 e. The fourth-order valence-electron chi connectivity index (χ4n) is 3.45. The molecule has 2 N–H and O–H groups in total. The van der Waals surface area contributed by atoms with Crippen LogP contribution in [0.2, 0.25) is 0 Å². The van der Waals surface area contributed by atoms with Crippen LogP contribution < -0.4 is 15.4 Å². The average molecular weight is 381 g/mol. The number of hydrogen-bond donors (Lipinski definition) is 2. The second-order valence-corrected chi connectivity index (χ2v) is 8.56. The number of nitrogens with one attached hydrogen (secondary N) is 2. The highest BCUT2D eigenvalue weighted by Gasteiger charge is 2.35. The highest BCUT2D eigenvalue weighted by Crippen LogP contribution is 2.32. The summed E-state index contributed by atoms with van der Waals surface area (Å²) in [6.07, 6.45) is 1.34. The van der Waals surface area contributed by atoms with Gasteiger partial charge in [0.25, 0.3) is 5.91 Å². The topological polar surface area (TPSA) is 105 Å². The van der Waals surface area contributed by atoms with Gasteiger partial charge in [-0.15, -0.1) is 0 Å². The van der Waals surface area contributed by atoms with E-state index in [1.807, 2.05) is 6.92 Å². The minimum absolute atomic E-state index is 0.0137. The lowest BCUT2D eigenvalue weighted by molar-refractivity contribution is -0.120. The molecule has 0 aromatic heterocycles. The molecule has 0 unspecified atom stereocenters. The zero-order valence-electron chi connectivity index (χ0n) is 14.8. The summed E-state index contributed by atoms with van der Waals surface area (Å²) in [5.41, 5.74) is 0.363. The molecule has 2 atom stereocenters. The van der Waals surface area contributed by atoms with Gasteiger partial charge < -0.3 is 15.4 Å². The molecule has 0 saturated carbocycles. The molecule has 1 fully saturated rings. The number of rotatable bonds is 4. The molecule has 9 heteroatoms. The lowest BCUT2D eigenvalue weighted by atomic mass is 9.91. The maximum atomic E-state index is 13.0. The predicted molar refractivity (Wildman–Crippen MR) is 95.3 cm³/mol. The minimum atomic E-state index is -3.69. The number of benzene rings is 1. The average Bonchev–Trinajstić information content (AvgIpc) is 2.60. The van der Waals surface area contributed by atoms with Crippen molar-refractivity contribution >= 4 is 27.5 Å². The molecule has 0 radical (unpaired) electrons. The zero-order chi connectivity index (χ0) is 18.9. The number of amides is 2. The first kappa shape index (κ1) is 18.7. The van der Waals surface area contributed by atoms with Crippen molar-refractivity contribution in [2.45, 2.75) is 37.6 Å². The Balaban J connectivity index is 1.81. The van der Waals surface area contributed by atoms with E-state index in [4.69, 9.17) is 4.74 Å². The minimum Gasteiger partial charge on any atom is -0.482 e. The first-order valence-electron chi connectivity index (χ1n) is 8.65. The SMILES string of the molecule is CC[C@@H]1CN(S(=O)(=O)c2ccc3c(c2)NC(=O)CO3)CC[C@@H]1NC(C)=O. The molecular weight excluding hydrogens is 358 g/mol. The van der Waals surface area contributed by atoms with Crippen molar-refractivity contribution in [2.24, 2.45) is 5.92 Å². The maximum absolute atomic E-state index is 13.0. The van der Waals surface area contributed by atoms with Gasteiger partial charge in [-0.25, -0.2) is 8.42 Å². The lowest BCUT2D eigenvalue weighted by Gasteiger charge is -2.37. The first-order chi connectivity index (χ1) is 12.3. The Morgan fingerprint density at radius 1 is 1.42 bits per heavy atom. The van der Waals surface area contributed by atoms with Gasteiger partial charge in [0.15, 0.2) is 6.61 Å². The van der Waals surface area contributed by atoms with Crippen molar-refractivity contribution in [1.29, 1.82) is 0 Å². The summed E-state index contributed by atoms with van der Waals surface area (Å²) < 4.78 is 32.8. The van der Waals surface area contributed by atoms with Gasteiger partial charge in [-0.05, 0) is 30.5 Å². The molecule has 8 nitrogen and oxygen atoms in total. The molecule has 0 aliphatic carbocycles. The van der Waals surface area contributed by atoms with Crippen LogP contribution in [0.5, 0.6) is 5.75 Å². The van der Waals surface area contributed by atoms with Gasteiger partial charge in [-0.1, -0.05) is 13.3 Å². The Bertz CT molecular complexity index is 824. The van der Waals surface area contributed by atoms with Crippen LogP contribution >= 0.6 is 0 Å². The molecule has 0 bridgehead atoms. The number of carbonyl (C=O) groups is 2. The third-order valence-electron chi connectivity index (χ3n) is 4.83. The standard InChI is InChI=1S/C17H23N3O5S/c1-3-12-9-20(7-6-14(12)18-11(2)21)26(23,24)13-4-5-16-15(8-13)19-17(22)10-25-16/h4-5,8,12,14H,3,6-7,9-10H2,1-2H3,(H,18,21)(H,19,22)/t12-,14+/m1/s1. The van der Waals surface area contributed by atoms with Gasteiger partial charge in [0, 0.05) is 26.1 Å². The molecular formula is C17H23N3O5S. The van der Waals surface area contributed by atoms with Crippen LogP contribution in [0.4, 0.5) is 5.69 Å². The Hall–Kier alpha value is -2.13. The van der Waals surface area contributed by atoms with Crippen molar-refractivity contribution in [3.8, 4) is 5.75 Å². The second kappa shape index (κ2) is 7.24. The van der Waals surface area contributed by atoms with E-state index in [9.17, 15) is 18.0 Å². The number of carbonyl (C=O) groups excluding carboxylic acids is 2. The molecule has 2 amide bonds. The van der Waals surface area contributed by atoms with Crippen LogP contribution in [-0.4, -0.2) is 50.3 Å². The van der Waals surface area contributed by atoms with Gasteiger partial charge >= 0.3 is 0 Å². The van der Waals surface area contributed by atoms with E-state index in [2.05, 4.69) is 10.6 Å². The van der Waals surface area contributed by atoms with Gasteiger partial charge in [-0.2, -0.15) is 4.31 Å². The molecule has 26 heavy (non-hydrogen) atoms. The fourth-order valence-corrected chi connectivity index (χ4v) is 4.99. The molecule has 1 aromatic carbocycles. The van der Waals surface area contributed by atoms with Gasteiger partial charge in [-0.3, -0.25) is 9.59 Å². The van der Waals surface area contributed by atoms with Gasteiger partial charge in [0.2, 0.25) is 15.9 Å². The van der Waals surface area contributed by atoms with Gasteiger partial charge in [0.05, 0.1) is 10.6 Å². The molecule has 1 saturated heterocycles. The van der Waals surface area contributed by atoms with E-state index >= 15 is 0 Å². The molecule has 2 heterocycles. The Labute approximate surface area is 152 Å². The van der Waals surface area contributed by atoms with E-state index < -0.39 is 10.0 Å². The normalized spacial score (nSPS) is 23.5. The molecule has 0 spiro atoms. The largest absolute Gasteiger partial charge is 0.482 e. The monoisotopic (exact) mass is 381 g/mol. The Morgan fingerprint density at radius 2 is 2.19 bits per heavy atom. The van der Waals surface area contributed by atoms with Crippen LogP contribution in [0, 0.1) is 5.92 Å². The number of anilines is 1. The number of ether oxygens (including phenoxy) is 1. The van der Waals surface area contributed by atoms with Crippen molar-refractivity contribution in [3.63, 3.8) is 0 Å². The van der Waals surface area contributed by atoms with E-state index in [0.29, 0.717) is 30.9 Å². The number of piperidine rings is 1. The first-order valence-corrected chi connectivity index (χ1v) is 10.1. The summed E-state index contributed by atoms with van der Waals surface area (Å²) in [5, 5.41) is 5.55. The van der Waals surface area contributed by atoms with Crippen LogP contribution in [0.25, 0.3) is 0 Å². The molecule has 3 rings (SSSR count).